The van der Waals surface area contributed by atoms with Gasteiger partial charge in [-0.25, -0.2) is 0 Å². The maximum atomic E-state index is 5.71. The Hall–Kier alpha value is -1.75. The van der Waals surface area contributed by atoms with Gasteiger partial charge in [0.2, 0.25) is 0 Å². The molecule has 1 unspecified atom stereocenters. The zero-order valence-corrected chi connectivity index (χ0v) is 17.1. The van der Waals surface area contributed by atoms with E-state index >= 15 is 0 Å². The number of rotatable bonds is 13. The number of hydrogen-bond acceptors (Lipinski definition) is 3. The Morgan fingerprint density at radius 3 is 2.50 bits per heavy atom. The van der Waals surface area contributed by atoms with Gasteiger partial charge in [-0.2, -0.15) is 0 Å². The molecule has 5 heteroatoms. The predicted octanol–water partition coefficient (Wildman–Crippen LogP) is 3.52. The zero-order chi connectivity index (χ0) is 19.0. The molecule has 0 radical (unpaired) electrons. The van der Waals surface area contributed by atoms with Gasteiger partial charge in [0.1, 0.15) is 5.75 Å². The molecule has 1 atom stereocenters. The number of aliphatic imine (C=N–C) groups is 1. The standard InChI is InChI=1S/C21H38N4O/c1-5-25(6-2)17-12-13-19(3)24-21(22-4)23-16-10-11-18-26-20-14-8-7-9-15-20/h7-9,14-15,19H,5-6,10-13,16-18H2,1-4H3,(H2,22,23,24). The molecule has 5 nitrogen and oxygen atoms in total. The minimum atomic E-state index is 0.429. The SMILES string of the molecule is CCN(CC)CCCC(C)NC(=NC)NCCCCOc1ccccc1. The van der Waals surface area contributed by atoms with E-state index in [0.717, 1.165) is 57.2 Å². The highest BCUT2D eigenvalue weighted by Gasteiger charge is 2.06. The van der Waals surface area contributed by atoms with E-state index < -0.39 is 0 Å². The summed E-state index contributed by atoms with van der Waals surface area (Å²) in [6, 6.07) is 10.4. The van der Waals surface area contributed by atoms with Crippen LogP contribution in [0.25, 0.3) is 0 Å². The van der Waals surface area contributed by atoms with E-state index in [4.69, 9.17) is 4.74 Å². The minimum absolute atomic E-state index is 0.429. The Morgan fingerprint density at radius 2 is 1.85 bits per heavy atom. The molecule has 26 heavy (non-hydrogen) atoms. The maximum absolute atomic E-state index is 5.71. The Bertz CT molecular complexity index is 474. The van der Waals surface area contributed by atoms with Crippen LogP contribution in [0.5, 0.6) is 5.75 Å². The molecular weight excluding hydrogens is 324 g/mol. The molecule has 1 rings (SSSR count). The summed E-state index contributed by atoms with van der Waals surface area (Å²) >= 11 is 0. The Morgan fingerprint density at radius 1 is 1.12 bits per heavy atom. The highest BCUT2D eigenvalue weighted by atomic mass is 16.5. The first-order chi connectivity index (χ1) is 12.7. The third-order valence-electron chi connectivity index (χ3n) is 4.49. The largest absolute Gasteiger partial charge is 0.494 e. The van der Waals surface area contributed by atoms with Gasteiger partial charge < -0.3 is 20.3 Å². The van der Waals surface area contributed by atoms with Crippen molar-refractivity contribution >= 4 is 5.96 Å². The number of hydrogen-bond donors (Lipinski definition) is 2. The lowest BCUT2D eigenvalue weighted by Gasteiger charge is -2.21. The summed E-state index contributed by atoms with van der Waals surface area (Å²) in [4.78, 5) is 6.79. The van der Waals surface area contributed by atoms with Gasteiger partial charge in [0, 0.05) is 19.6 Å². The predicted molar refractivity (Wildman–Crippen MR) is 112 cm³/mol. The molecule has 0 aliphatic rings. The summed E-state index contributed by atoms with van der Waals surface area (Å²) in [5, 5.41) is 6.88. The number of unbranched alkanes of at least 4 members (excludes halogenated alkanes) is 1. The topological polar surface area (TPSA) is 48.9 Å². The van der Waals surface area contributed by atoms with Gasteiger partial charge in [-0.15, -0.1) is 0 Å². The van der Waals surface area contributed by atoms with E-state index in [-0.39, 0.29) is 0 Å². The lowest BCUT2D eigenvalue weighted by atomic mass is 10.2. The van der Waals surface area contributed by atoms with Crippen LogP contribution < -0.4 is 15.4 Å². The fourth-order valence-electron chi connectivity index (χ4n) is 2.80. The molecule has 0 spiro atoms. The van der Waals surface area contributed by atoms with E-state index in [1.807, 2.05) is 37.4 Å². The van der Waals surface area contributed by atoms with Crippen LogP contribution in [0.3, 0.4) is 0 Å². The number of benzene rings is 1. The Kier molecular flexibility index (Phi) is 12.4. The van der Waals surface area contributed by atoms with Crippen LogP contribution in [0, 0.1) is 0 Å². The lowest BCUT2D eigenvalue weighted by molar-refractivity contribution is 0.292. The van der Waals surface area contributed by atoms with E-state index in [2.05, 4.69) is 41.3 Å². The maximum Gasteiger partial charge on any atom is 0.191 e. The zero-order valence-electron chi connectivity index (χ0n) is 17.1. The van der Waals surface area contributed by atoms with E-state index in [0.29, 0.717) is 6.04 Å². The van der Waals surface area contributed by atoms with Crippen LogP contribution in [0.4, 0.5) is 0 Å². The summed E-state index contributed by atoms with van der Waals surface area (Å²) in [6.07, 6.45) is 4.45. The smallest absolute Gasteiger partial charge is 0.191 e. The van der Waals surface area contributed by atoms with Crippen LogP contribution >= 0.6 is 0 Å². The fraction of sp³-hybridized carbons (Fsp3) is 0.667. The molecule has 2 N–H and O–H groups in total. The molecule has 0 saturated heterocycles. The third kappa shape index (κ3) is 10.3. The molecule has 0 aliphatic heterocycles. The number of guanidine groups is 1. The van der Waals surface area contributed by atoms with E-state index in [1.165, 1.54) is 13.0 Å². The molecule has 1 aromatic rings. The van der Waals surface area contributed by atoms with Crippen LogP contribution in [-0.2, 0) is 0 Å². The number of para-hydroxylation sites is 1. The van der Waals surface area contributed by atoms with Crippen molar-refractivity contribution in [2.24, 2.45) is 4.99 Å². The second-order valence-corrected chi connectivity index (χ2v) is 6.58. The summed E-state index contributed by atoms with van der Waals surface area (Å²) < 4.78 is 5.71. The number of nitrogens with one attached hydrogen (secondary N) is 2. The first-order valence-electron chi connectivity index (χ1n) is 10.1. The van der Waals surface area contributed by atoms with Crippen molar-refractivity contribution < 1.29 is 4.74 Å². The molecule has 0 heterocycles. The summed E-state index contributed by atoms with van der Waals surface area (Å²) in [5.41, 5.74) is 0. The van der Waals surface area contributed by atoms with Crippen molar-refractivity contribution in [2.75, 3.05) is 39.8 Å². The molecule has 0 bridgehead atoms. The second kappa shape index (κ2) is 14.4. The van der Waals surface area contributed by atoms with Crippen molar-refractivity contribution in [3.63, 3.8) is 0 Å². The molecule has 0 aromatic heterocycles. The molecular formula is C21H38N4O. The summed E-state index contributed by atoms with van der Waals surface area (Å²) in [5.74, 6) is 1.83. The van der Waals surface area contributed by atoms with Crippen molar-refractivity contribution in [1.29, 1.82) is 0 Å². The third-order valence-corrected chi connectivity index (χ3v) is 4.49. The van der Waals surface area contributed by atoms with Gasteiger partial charge in [-0.3, -0.25) is 4.99 Å². The summed E-state index contributed by atoms with van der Waals surface area (Å²) in [6.45, 7) is 11.8. The van der Waals surface area contributed by atoms with Gasteiger partial charge in [0.05, 0.1) is 6.61 Å². The number of nitrogens with zero attached hydrogens (tertiary/aromatic N) is 2. The molecule has 1 aromatic carbocycles. The molecule has 0 saturated carbocycles. The second-order valence-electron chi connectivity index (χ2n) is 6.58. The van der Waals surface area contributed by atoms with Crippen LogP contribution in [0.15, 0.2) is 35.3 Å². The normalized spacial score (nSPS) is 12.9. The molecule has 0 aliphatic carbocycles. The minimum Gasteiger partial charge on any atom is -0.494 e. The van der Waals surface area contributed by atoms with E-state index in [9.17, 15) is 0 Å². The first kappa shape index (κ1) is 22.3. The molecule has 148 valence electrons. The Labute approximate surface area is 160 Å². The van der Waals surface area contributed by atoms with Crippen molar-refractivity contribution in [2.45, 2.75) is 52.5 Å². The van der Waals surface area contributed by atoms with Crippen LogP contribution in [0.1, 0.15) is 46.5 Å². The quantitative estimate of drug-likeness (QED) is 0.320. The lowest BCUT2D eigenvalue weighted by Crippen LogP contribution is -2.42. The number of ether oxygens (including phenoxy) is 1. The van der Waals surface area contributed by atoms with Gasteiger partial charge in [-0.1, -0.05) is 32.0 Å². The molecule has 0 fully saturated rings. The average Bonchev–Trinajstić information content (AvgIpc) is 2.67. The van der Waals surface area contributed by atoms with Gasteiger partial charge >= 0.3 is 0 Å². The fourth-order valence-corrected chi connectivity index (χ4v) is 2.80. The van der Waals surface area contributed by atoms with Crippen molar-refractivity contribution in [1.82, 2.24) is 15.5 Å². The highest BCUT2D eigenvalue weighted by Crippen LogP contribution is 2.08. The average molecular weight is 363 g/mol. The molecule has 0 amide bonds. The van der Waals surface area contributed by atoms with Crippen molar-refractivity contribution in [3.8, 4) is 5.75 Å². The summed E-state index contributed by atoms with van der Waals surface area (Å²) in [7, 11) is 1.83. The van der Waals surface area contributed by atoms with Gasteiger partial charge in [0.25, 0.3) is 0 Å². The first-order valence-corrected chi connectivity index (χ1v) is 10.1. The van der Waals surface area contributed by atoms with E-state index in [1.54, 1.807) is 0 Å². The van der Waals surface area contributed by atoms with Gasteiger partial charge in [-0.05, 0) is 64.4 Å². The van der Waals surface area contributed by atoms with Crippen molar-refractivity contribution in [3.05, 3.63) is 30.3 Å². The van der Waals surface area contributed by atoms with Gasteiger partial charge in [0.15, 0.2) is 5.96 Å². The Balaban J connectivity index is 2.08. The monoisotopic (exact) mass is 362 g/mol. The van der Waals surface area contributed by atoms with Crippen LogP contribution in [0.2, 0.25) is 0 Å². The highest BCUT2D eigenvalue weighted by molar-refractivity contribution is 5.79. The van der Waals surface area contributed by atoms with Crippen LogP contribution in [-0.4, -0.2) is 56.7 Å².